The van der Waals surface area contributed by atoms with Crippen LogP contribution in [0.3, 0.4) is 0 Å². The minimum absolute atomic E-state index is 0.0222. The standard InChI is InChI=1S/C13H8F6N2O/c14-12(15,16)10-5-7(6-11(22)13(17,18)19)20-8-3-1-2-4-9(8)21-10/h1-6,20-21H/b7-6+. The fraction of sp³-hybridized carbons (Fsp3) is 0.154. The Morgan fingerprint density at radius 1 is 0.955 bits per heavy atom. The Morgan fingerprint density at radius 2 is 1.50 bits per heavy atom. The minimum Gasteiger partial charge on any atom is -0.354 e. The highest BCUT2D eigenvalue weighted by Gasteiger charge is 2.38. The molecule has 0 radical (unpaired) electrons. The van der Waals surface area contributed by atoms with Crippen LogP contribution in [0.5, 0.6) is 0 Å². The van der Waals surface area contributed by atoms with Gasteiger partial charge in [-0.3, -0.25) is 4.79 Å². The van der Waals surface area contributed by atoms with Crippen molar-refractivity contribution in [2.75, 3.05) is 10.6 Å². The Kier molecular flexibility index (Phi) is 3.90. The van der Waals surface area contributed by atoms with E-state index >= 15 is 0 Å². The van der Waals surface area contributed by atoms with Crippen LogP contribution in [-0.4, -0.2) is 18.1 Å². The van der Waals surface area contributed by atoms with Gasteiger partial charge in [-0.2, -0.15) is 26.3 Å². The zero-order valence-electron chi connectivity index (χ0n) is 10.6. The van der Waals surface area contributed by atoms with E-state index in [9.17, 15) is 31.1 Å². The number of carbonyl (C=O) groups excluding carboxylic acids is 1. The number of hydrogen-bond acceptors (Lipinski definition) is 3. The summed E-state index contributed by atoms with van der Waals surface area (Å²) in [5.41, 5.74) is -1.77. The van der Waals surface area contributed by atoms with Gasteiger partial charge in [0.15, 0.2) is 0 Å². The van der Waals surface area contributed by atoms with Gasteiger partial charge in [0.25, 0.3) is 5.78 Å². The van der Waals surface area contributed by atoms with Crippen molar-refractivity contribution in [1.82, 2.24) is 0 Å². The molecule has 0 spiro atoms. The quantitative estimate of drug-likeness (QED) is 0.607. The summed E-state index contributed by atoms with van der Waals surface area (Å²) in [6.07, 6.45) is -9.50. The molecule has 0 unspecified atom stereocenters. The molecule has 2 N–H and O–H groups in total. The second-order valence-corrected chi connectivity index (χ2v) is 4.31. The third kappa shape index (κ3) is 3.60. The molecule has 0 saturated heterocycles. The molecule has 0 bridgehead atoms. The van der Waals surface area contributed by atoms with Crippen molar-refractivity contribution in [2.24, 2.45) is 0 Å². The number of nitrogens with one attached hydrogen (secondary N) is 2. The molecule has 1 aromatic rings. The van der Waals surface area contributed by atoms with E-state index in [1.54, 1.807) is 0 Å². The Hall–Kier alpha value is -2.45. The first kappa shape index (κ1) is 15.9. The van der Waals surface area contributed by atoms with Gasteiger partial charge in [-0.1, -0.05) is 12.1 Å². The Balaban J connectivity index is 2.49. The molecule has 1 aliphatic heterocycles. The van der Waals surface area contributed by atoms with Gasteiger partial charge < -0.3 is 10.6 Å². The first-order valence-corrected chi connectivity index (χ1v) is 5.82. The minimum atomic E-state index is -5.17. The van der Waals surface area contributed by atoms with Crippen LogP contribution in [0, 0.1) is 0 Å². The van der Waals surface area contributed by atoms with E-state index in [-0.39, 0.29) is 17.5 Å². The molecule has 0 saturated carbocycles. The summed E-state index contributed by atoms with van der Waals surface area (Å²) in [5, 5.41) is 4.45. The lowest BCUT2D eigenvalue weighted by atomic mass is 10.2. The lowest BCUT2D eigenvalue weighted by Crippen LogP contribution is -2.21. The van der Waals surface area contributed by atoms with Crippen LogP contribution in [0.15, 0.2) is 47.8 Å². The molecule has 22 heavy (non-hydrogen) atoms. The normalized spacial score (nSPS) is 17.0. The van der Waals surface area contributed by atoms with Crippen LogP contribution in [0.4, 0.5) is 37.7 Å². The van der Waals surface area contributed by atoms with Gasteiger partial charge in [-0.15, -0.1) is 0 Å². The molecule has 1 aliphatic rings. The van der Waals surface area contributed by atoms with Crippen LogP contribution >= 0.6 is 0 Å². The molecule has 0 aliphatic carbocycles. The summed E-state index contributed by atoms with van der Waals surface area (Å²) >= 11 is 0. The van der Waals surface area contributed by atoms with Crippen molar-refractivity contribution in [3.8, 4) is 0 Å². The van der Waals surface area contributed by atoms with Crippen molar-refractivity contribution in [2.45, 2.75) is 12.4 Å². The van der Waals surface area contributed by atoms with E-state index in [2.05, 4.69) is 10.6 Å². The molecule has 118 valence electrons. The summed E-state index contributed by atoms with van der Waals surface area (Å²) in [7, 11) is 0. The largest absolute Gasteiger partial charge is 0.454 e. The van der Waals surface area contributed by atoms with Crippen LogP contribution in [0.25, 0.3) is 0 Å². The Bertz CT molecular complexity index is 657. The monoisotopic (exact) mass is 322 g/mol. The predicted molar refractivity (Wildman–Crippen MR) is 67.0 cm³/mol. The maximum absolute atomic E-state index is 12.9. The Morgan fingerprint density at radius 3 is 2.00 bits per heavy atom. The number of benzene rings is 1. The highest BCUT2D eigenvalue weighted by Crippen LogP contribution is 2.34. The second kappa shape index (κ2) is 5.39. The maximum Gasteiger partial charge on any atom is 0.454 e. The number of allylic oxidation sites excluding steroid dienone is 3. The predicted octanol–water partition coefficient (Wildman–Crippen LogP) is 3.99. The summed E-state index contributed by atoms with van der Waals surface area (Å²) in [5.74, 6) is -2.26. The zero-order chi connectivity index (χ0) is 16.5. The smallest absolute Gasteiger partial charge is 0.354 e. The average molecular weight is 322 g/mol. The van der Waals surface area contributed by atoms with Gasteiger partial charge in [-0.05, 0) is 18.2 Å². The highest BCUT2D eigenvalue weighted by molar-refractivity contribution is 5.96. The van der Waals surface area contributed by atoms with E-state index in [4.69, 9.17) is 0 Å². The van der Waals surface area contributed by atoms with Crippen molar-refractivity contribution in [3.63, 3.8) is 0 Å². The van der Waals surface area contributed by atoms with E-state index < -0.39 is 29.5 Å². The van der Waals surface area contributed by atoms with Crippen LogP contribution in [0.2, 0.25) is 0 Å². The van der Waals surface area contributed by atoms with E-state index in [1.807, 2.05) is 0 Å². The molecule has 0 fully saturated rings. The maximum atomic E-state index is 12.9. The number of ketones is 1. The molecule has 9 heteroatoms. The molecule has 2 rings (SSSR count). The van der Waals surface area contributed by atoms with E-state index in [1.165, 1.54) is 24.3 Å². The number of halogens is 6. The fourth-order valence-corrected chi connectivity index (χ4v) is 1.68. The molecule has 0 aromatic heterocycles. The van der Waals surface area contributed by atoms with Crippen molar-refractivity contribution in [1.29, 1.82) is 0 Å². The van der Waals surface area contributed by atoms with Crippen molar-refractivity contribution >= 4 is 17.2 Å². The van der Waals surface area contributed by atoms with Crippen molar-refractivity contribution < 1.29 is 31.1 Å². The summed E-state index contributed by atoms with van der Waals surface area (Å²) < 4.78 is 75.4. The first-order valence-electron chi connectivity index (χ1n) is 5.82. The highest BCUT2D eigenvalue weighted by atomic mass is 19.4. The molecule has 3 nitrogen and oxygen atoms in total. The van der Waals surface area contributed by atoms with Gasteiger partial charge in [0.05, 0.1) is 11.4 Å². The topological polar surface area (TPSA) is 41.1 Å². The van der Waals surface area contributed by atoms with Gasteiger partial charge in [0.2, 0.25) is 0 Å². The van der Waals surface area contributed by atoms with Crippen molar-refractivity contribution in [3.05, 3.63) is 47.8 Å². The number of anilines is 2. The number of fused-ring (bicyclic) bond motifs is 1. The van der Waals surface area contributed by atoms with Crippen LogP contribution < -0.4 is 10.6 Å². The van der Waals surface area contributed by atoms with Crippen LogP contribution in [-0.2, 0) is 4.79 Å². The molecule has 1 heterocycles. The zero-order valence-corrected chi connectivity index (χ0v) is 10.6. The molecule has 1 aromatic carbocycles. The van der Waals surface area contributed by atoms with E-state index in [0.29, 0.717) is 6.08 Å². The number of para-hydroxylation sites is 2. The SMILES string of the molecule is O=C(/C=C1\C=C(C(F)(F)F)Nc2ccccc2N1)C(F)(F)F. The Labute approximate surface area is 120 Å². The molecule has 0 amide bonds. The number of carbonyl (C=O) groups is 1. The molecule has 0 atom stereocenters. The molecular formula is C13H8F6N2O. The number of hydrogen-bond donors (Lipinski definition) is 2. The number of alkyl halides is 6. The van der Waals surface area contributed by atoms with Gasteiger partial charge in [0.1, 0.15) is 5.70 Å². The van der Waals surface area contributed by atoms with Crippen LogP contribution in [0.1, 0.15) is 0 Å². The van der Waals surface area contributed by atoms with Gasteiger partial charge in [0, 0.05) is 11.8 Å². The summed E-state index contributed by atoms with van der Waals surface area (Å²) in [6.45, 7) is 0. The first-order chi connectivity index (χ1) is 10.1. The second-order valence-electron chi connectivity index (χ2n) is 4.31. The average Bonchev–Trinajstić information content (AvgIpc) is 2.55. The lowest BCUT2D eigenvalue weighted by molar-refractivity contribution is -0.165. The molecular weight excluding hydrogens is 314 g/mol. The summed E-state index contributed by atoms with van der Waals surface area (Å²) in [4.78, 5) is 10.9. The van der Waals surface area contributed by atoms with Gasteiger partial charge in [-0.25, -0.2) is 0 Å². The number of rotatable bonds is 1. The van der Waals surface area contributed by atoms with E-state index in [0.717, 1.165) is 0 Å². The third-order valence-corrected chi connectivity index (χ3v) is 2.65. The third-order valence-electron chi connectivity index (χ3n) is 2.65. The summed E-state index contributed by atoms with van der Waals surface area (Å²) in [6, 6.07) is 5.62. The fourth-order valence-electron chi connectivity index (χ4n) is 1.68. The van der Waals surface area contributed by atoms with Gasteiger partial charge >= 0.3 is 12.4 Å². The lowest BCUT2D eigenvalue weighted by Gasteiger charge is -2.13.